The third-order valence-electron chi connectivity index (χ3n) is 4.06. The van der Waals surface area contributed by atoms with Gasteiger partial charge in [-0.1, -0.05) is 0 Å². The van der Waals surface area contributed by atoms with Gasteiger partial charge < -0.3 is 55.7 Å². The second-order valence-corrected chi connectivity index (χ2v) is 5.61. The van der Waals surface area contributed by atoms with Gasteiger partial charge in [0.2, 0.25) is 0 Å². The molecule has 0 bridgehead atoms. The first-order chi connectivity index (χ1) is 10.8. The number of hydrogen-bond donors (Lipinski definition) is 8. The lowest BCUT2D eigenvalue weighted by atomic mass is 9.96. The Balaban J connectivity index is 2.11. The molecule has 0 aliphatic carbocycles. The van der Waals surface area contributed by atoms with Crippen LogP contribution in [0.3, 0.4) is 0 Å². The third-order valence-corrected chi connectivity index (χ3v) is 4.06. The maximum atomic E-state index is 10.1. The predicted molar refractivity (Wildman–Crippen MR) is 70.6 cm³/mol. The molecule has 2 aliphatic heterocycles. The Kier molecular flexibility index (Phi) is 6.27. The summed E-state index contributed by atoms with van der Waals surface area (Å²) in [5, 5.41) is 67.3. The van der Waals surface area contributed by atoms with Gasteiger partial charge in [-0.25, -0.2) is 0 Å². The molecule has 0 aromatic rings. The van der Waals surface area contributed by atoms with Gasteiger partial charge in [-0.05, 0) is 0 Å². The van der Waals surface area contributed by atoms with E-state index in [1.165, 1.54) is 0 Å². The third kappa shape index (κ3) is 3.65. The number of hydrogen-bond acceptors (Lipinski definition) is 11. The van der Waals surface area contributed by atoms with Crippen molar-refractivity contribution in [2.45, 2.75) is 61.3 Å². The Morgan fingerprint density at radius 1 is 0.783 bits per heavy atom. The van der Waals surface area contributed by atoms with Gasteiger partial charge in [-0.3, -0.25) is 0 Å². The molecule has 0 spiro atoms. The Labute approximate surface area is 131 Å². The molecule has 0 amide bonds. The van der Waals surface area contributed by atoms with Crippen LogP contribution in [0, 0.1) is 0 Å². The van der Waals surface area contributed by atoms with Crippen LogP contribution in [0.1, 0.15) is 0 Å². The van der Waals surface area contributed by atoms with Crippen molar-refractivity contribution in [3.05, 3.63) is 0 Å². The summed E-state index contributed by atoms with van der Waals surface area (Å²) in [6, 6.07) is -1.22. The maximum Gasteiger partial charge on any atom is 0.187 e. The quantitative estimate of drug-likeness (QED) is 0.243. The van der Waals surface area contributed by atoms with Crippen LogP contribution in [0.25, 0.3) is 0 Å². The van der Waals surface area contributed by atoms with Gasteiger partial charge in [0.25, 0.3) is 0 Å². The predicted octanol–water partition coefficient (Wildman–Crippen LogP) is -5.43. The Morgan fingerprint density at radius 2 is 1.35 bits per heavy atom. The van der Waals surface area contributed by atoms with E-state index in [1.54, 1.807) is 0 Å². The largest absolute Gasteiger partial charge is 0.394 e. The highest BCUT2D eigenvalue weighted by Gasteiger charge is 2.49. The van der Waals surface area contributed by atoms with Gasteiger partial charge in [-0.2, -0.15) is 0 Å². The minimum absolute atomic E-state index is 0.612. The van der Waals surface area contributed by atoms with Crippen LogP contribution in [0.15, 0.2) is 0 Å². The van der Waals surface area contributed by atoms with Crippen LogP contribution >= 0.6 is 0 Å². The van der Waals surface area contributed by atoms with E-state index in [0.717, 1.165) is 0 Å². The molecule has 23 heavy (non-hydrogen) atoms. The number of nitrogens with two attached hydrogens (primary N) is 1. The summed E-state index contributed by atoms with van der Waals surface area (Å²) in [5.74, 6) is 0. The van der Waals surface area contributed by atoms with Crippen molar-refractivity contribution in [3.63, 3.8) is 0 Å². The van der Waals surface area contributed by atoms with Gasteiger partial charge in [-0.15, -0.1) is 0 Å². The normalized spacial score (nSPS) is 51.7. The molecule has 2 aliphatic rings. The molecule has 10 atom stereocenters. The van der Waals surface area contributed by atoms with Crippen LogP contribution < -0.4 is 5.73 Å². The molecule has 2 fully saturated rings. The van der Waals surface area contributed by atoms with Gasteiger partial charge in [0.05, 0.1) is 19.3 Å². The van der Waals surface area contributed by atoms with Crippen molar-refractivity contribution in [3.8, 4) is 0 Å². The summed E-state index contributed by atoms with van der Waals surface area (Å²) in [5.41, 5.74) is 5.68. The fourth-order valence-corrected chi connectivity index (χ4v) is 2.61. The highest BCUT2D eigenvalue weighted by atomic mass is 16.7. The molecule has 0 saturated carbocycles. The fraction of sp³-hybridized carbons (Fsp3) is 1.00. The highest BCUT2D eigenvalue weighted by molar-refractivity contribution is 4.95. The minimum Gasteiger partial charge on any atom is -0.394 e. The summed E-state index contributed by atoms with van der Waals surface area (Å²) in [6.45, 7) is -1.26. The van der Waals surface area contributed by atoms with E-state index in [2.05, 4.69) is 0 Å². The molecular formula is C12H23NO10. The van der Waals surface area contributed by atoms with Gasteiger partial charge in [0.1, 0.15) is 42.7 Å². The van der Waals surface area contributed by atoms with Crippen LogP contribution in [-0.2, 0) is 14.2 Å². The Hall–Kier alpha value is -0.440. The van der Waals surface area contributed by atoms with E-state index < -0.39 is 74.6 Å². The molecule has 11 nitrogen and oxygen atoms in total. The molecule has 136 valence electrons. The van der Waals surface area contributed by atoms with E-state index >= 15 is 0 Å². The van der Waals surface area contributed by atoms with Crippen molar-refractivity contribution < 1.29 is 50.0 Å². The molecule has 0 aromatic heterocycles. The maximum absolute atomic E-state index is 10.1. The second-order valence-electron chi connectivity index (χ2n) is 5.61. The van der Waals surface area contributed by atoms with Crippen molar-refractivity contribution in [2.75, 3.05) is 13.2 Å². The topological polar surface area (TPSA) is 195 Å². The van der Waals surface area contributed by atoms with Crippen molar-refractivity contribution >= 4 is 0 Å². The van der Waals surface area contributed by atoms with E-state index in [0.29, 0.717) is 0 Å². The van der Waals surface area contributed by atoms with Crippen molar-refractivity contribution in [2.24, 2.45) is 5.73 Å². The minimum atomic E-state index is -1.68. The lowest BCUT2D eigenvalue weighted by Gasteiger charge is -2.45. The molecule has 0 radical (unpaired) electrons. The Bertz CT molecular complexity index is 385. The number of aliphatic hydroxyl groups excluding tert-OH is 7. The zero-order valence-electron chi connectivity index (χ0n) is 12.1. The molecule has 9 N–H and O–H groups in total. The van der Waals surface area contributed by atoms with E-state index in [1.807, 2.05) is 0 Å². The van der Waals surface area contributed by atoms with E-state index in [9.17, 15) is 25.5 Å². The first-order valence-electron chi connectivity index (χ1n) is 7.15. The molecular weight excluding hydrogens is 318 g/mol. The molecule has 2 saturated heterocycles. The van der Waals surface area contributed by atoms with Crippen molar-refractivity contribution in [1.29, 1.82) is 0 Å². The van der Waals surface area contributed by atoms with Gasteiger partial charge >= 0.3 is 0 Å². The number of rotatable bonds is 4. The number of aliphatic hydroxyl groups is 7. The summed E-state index contributed by atoms with van der Waals surface area (Å²) in [4.78, 5) is 0. The molecule has 2 rings (SSSR count). The summed E-state index contributed by atoms with van der Waals surface area (Å²) < 4.78 is 15.4. The summed E-state index contributed by atoms with van der Waals surface area (Å²) in [7, 11) is 0. The average molecular weight is 341 g/mol. The van der Waals surface area contributed by atoms with Crippen LogP contribution in [0.5, 0.6) is 0 Å². The van der Waals surface area contributed by atoms with E-state index in [-0.39, 0.29) is 0 Å². The van der Waals surface area contributed by atoms with Crippen molar-refractivity contribution in [1.82, 2.24) is 0 Å². The monoisotopic (exact) mass is 341 g/mol. The first kappa shape index (κ1) is 18.9. The molecule has 11 heteroatoms. The van der Waals surface area contributed by atoms with Crippen LogP contribution in [-0.4, -0.2) is 110 Å². The molecule has 0 aromatic carbocycles. The van der Waals surface area contributed by atoms with Gasteiger partial charge in [0.15, 0.2) is 12.6 Å². The standard InChI is InChI=1S/C12H23NO10/c13-5-10(7(17)4(2-15)21-11(5)20)23-12-9(19)8(18)6(16)3(1-14)22-12/h3-12,14-20H,1-2,13H2/t3?,4?,5?,6-,7+,8-,9?,10+,11+,12-/m0/s1. The molecule has 4 unspecified atom stereocenters. The lowest BCUT2D eigenvalue weighted by molar-refractivity contribution is -0.340. The van der Waals surface area contributed by atoms with Crippen LogP contribution in [0.4, 0.5) is 0 Å². The Morgan fingerprint density at radius 3 is 1.91 bits per heavy atom. The zero-order valence-corrected chi connectivity index (χ0v) is 12.1. The molecule has 2 heterocycles. The smallest absolute Gasteiger partial charge is 0.187 e. The highest BCUT2D eigenvalue weighted by Crippen LogP contribution is 2.27. The van der Waals surface area contributed by atoms with Gasteiger partial charge in [0, 0.05) is 0 Å². The lowest BCUT2D eigenvalue weighted by Crippen LogP contribution is -2.66. The second kappa shape index (κ2) is 7.63. The summed E-state index contributed by atoms with van der Waals surface area (Å²) in [6.07, 6.45) is -13.0. The average Bonchev–Trinajstić information content (AvgIpc) is 2.54. The number of ether oxygens (including phenoxy) is 3. The SMILES string of the molecule is NC1[C@H](O)OC(CO)[C@@H](O)[C@@H]1O[C@@H]1OC(CO)[C@H](O)[C@H](O)C1O. The summed E-state index contributed by atoms with van der Waals surface area (Å²) >= 11 is 0. The van der Waals surface area contributed by atoms with E-state index in [4.69, 9.17) is 30.2 Å². The fourth-order valence-electron chi connectivity index (χ4n) is 2.61. The van der Waals surface area contributed by atoms with Crippen LogP contribution in [0.2, 0.25) is 0 Å². The zero-order chi connectivity index (χ0) is 17.3. The first-order valence-corrected chi connectivity index (χ1v) is 7.15.